The van der Waals surface area contributed by atoms with Crippen LogP contribution in [0.1, 0.15) is 12.5 Å². The summed E-state index contributed by atoms with van der Waals surface area (Å²) >= 11 is 0. The van der Waals surface area contributed by atoms with Crippen LogP contribution in [0.4, 0.5) is 5.69 Å². The number of carboxylic acids is 1. The van der Waals surface area contributed by atoms with Crippen molar-refractivity contribution in [2.75, 3.05) is 0 Å². The second-order valence-corrected chi connectivity index (χ2v) is 3.27. The Bertz CT molecular complexity index is 485. The summed E-state index contributed by atoms with van der Waals surface area (Å²) < 4.78 is 0. The summed E-state index contributed by atoms with van der Waals surface area (Å²) in [5, 5.41) is 19.1. The topological polar surface area (TPSA) is 97.5 Å². The van der Waals surface area contributed by atoms with Gasteiger partial charge < -0.3 is 5.11 Å². The third kappa shape index (κ3) is 3.23. The molecule has 88 valence electrons. The Kier molecular flexibility index (Phi) is 3.71. The molecule has 0 aliphatic heterocycles. The zero-order valence-electron chi connectivity index (χ0n) is 8.91. The third-order valence-corrected chi connectivity index (χ3v) is 2.02. The lowest BCUT2D eigenvalue weighted by atomic mass is 10.1. The fraction of sp³-hybridized carbons (Fsp3) is 0.0909. The van der Waals surface area contributed by atoms with Crippen LogP contribution in [0, 0.1) is 10.1 Å². The molecule has 17 heavy (non-hydrogen) atoms. The summed E-state index contributed by atoms with van der Waals surface area (Å²) in [6, 6.07) is 5.24. The largest absolute Gasteiger partial charge is 0.478 e. The SMILES string of the molecule is CC(=O)/C(=C\c1ccc([N+](=O)[O-])cc1)C(=O)O. The van der Waals surface area contributed by atoms with Crippen LogP contribution in [0.25, 0.3) is 6.08 Å². The molecule has 0 saturated carbocycles. The van der Waals surface area contributed by atoms with Crippen molar-refractivity contribution in [3.8, 4) is 0 Å². The molecule has 0 atom stereocenters. The van der Waals surface area contributed by atoms with Gasteiger partial charge in [0.15, 0.2) is 5.78 Å². The monoisotopic (exact) mass is 235 g/mol. The summed E-state index contributed by atoms with van der Waals surface area (Å²) in [5.41, 5.74) is -0.0381. The van der Waals surface area contributed by atoms with E-state index in [-0.39, 0.29) is 11.3 Å². The lowest BCUT2D eigenvalue weighted by Crippen LogP contribution is -2.08. The number of carboxylic acid groups (broad SMARTS) is 1. The molecule has 6 nitrogen and oxygen atoms in total. The average Bonchev–Trinajstić information content (AvgIpc) is 2.25. The molecule has 1 N–H and O–H groups in total. The van der Waals surface area contributed by atoms with Crippen LogP contribution in [0.3, 0.4) is 0 Å². The smallest absolute Gasteiger partial charge is 0.339 e. The van der Waals surface area contributed by atoms with E-state index in [1.54, 1.807) is 0 Å². The highest BCUT2D eigenvalue weighted by molar-refractivity contribution is 6.19. The van der Waals surface area contributed by atoms with Gasteiger partial charge in [-0.3, -0.25) is 14.9 Å². The minimum Gasteiger partial charge on any atom is -0.478 e. The van der Waals surface area contributed by atoms with Gasteiger partial charge in [0.25, 0.3) is 5.69 Å². The summed E-state index contributed by atoms with van der Waals surface area (Å²) in [6.07, 6.45) is 1.17. The lowest BCUT2D eigenvalue weighted by molar-refractivity contribution is -0.384. The number of carbonyl (C=O) groups is 2. The highest BCUT2D eigenvalue weighted by Crippen LogP contribution is 2.14. The van der Waals surface area contributed by atoms with E-state index in [0.717, 1.165) is 6.92 Å². The molecule has 0 bridgehead atoms. The number of hydrogen-bond donors (Lipinski definition) is 1. The van der Waals surface area contributed by atoms with Crippen LogP contribution in [-0.4, -0.2) is 21.8 Å². The number of nitro benzene ring substituents is 1. The maximum atomic E-state index is 11.0. The Hall–Kier alpha value is -2.50. The number of carbonyl (C=O) groups excluding carboxylic acids is 1. The molecule has 0 fully saturated rings. The molecule has 0 saturated heterocycles. The van der Waals surface area contributed by atoms with Crippen LogP contribution in [0.2, 0.25) is 0 Å². The van der Waals surface area contributed by atoms with Crippen LogP contribution < -0.4 is 0 Å². The van der Waals surface area contributed by atoms with Gasteiger partial charge in [0, 0.05) is 12.1 Å². The molecule has 0 aromatic heterocycles. The summed E-state index contributed by atoms with van der Waals surface area (Å²) in [4.78, 5) is 31.6. The maximum absolute atomic E-state index is 11.0. The van der Waals surface area contributed by atoms with E-state index in [2.05, 4.69) is 0 Å². The fourth-order valence-corrected chi connectivity index (χ4v) is 1.17. The molecule has 1 rings (SSSR count). The van der Waals surface area contributed by atoms with E-state index in [4.69, 9.17) is 5.11 Å². The maximum Gasteiger partial charge on any atom is 0.339 e. The first-order valence-corrected chi connectivity index (χ1v) is 4.62. The summed E-state index contributed by atoms with van der Waals surface area (Å²) in [5.74, 6) is -1.90. The number of hydrogen-bond acceptors (Lipinski definition) is 4. The molecular formula is C11H9NO5. The first kappa shape index (κ1) is 12.6. The third-order valence-electron chi connectivity index (χ3n) is 2.02. The van der Waals surface area contributed by atoms with Crippen molar-refractivity contribution in [2.45, 2.75) is 6.92 Å². The number of nitro groups is 1. The minimum atomic E-state index is -1.32. The Morgan fingerprint density at radius 1 is 1.29 bits per heavy atom. The van der Waals surface area contributed by atoms with Gasteiger partial charge in [-0.2, -0.15) is 0 Å². The average molecular weight is 235 g/mol. The van der Waals surface area contributed by atoms with Crippen molar-refractivity contribution in [3.05, 3.63) is 45.5 Å². The second kappa shape index (κ2) is 5.02. The molecule has 0 heterocycles. The number of aliphatic carboxylic acids is 1. The Labute approximate surface area is 96.3 Å². The number of Topliss-reactive ketones (excluding diaryl/α,β-unsaturated/α-hetero) is 1. The van der Waals surface area contributed by atoms with Crippen LogP contribution in [0.5, 0.6) is 0 Å². The van der Waals surface area contributed by atoms with E-state index in [1.807, 2.05) is 0 Å². The highest BCUT2D eigenvalue weighted by Gasteiger charge is 2.12. The standard InChI is InChI=1S/C11H9NO5/c1-7(13)10(11(14)15)6-8-2-4-9(5-3-8)12(16)17/h2-6H,1H3,(H,14,15)/b10-6+. The molecule has 0 aliphatic carbocycles. The minimum absolute atomic E-state index is 0.0955. The Balaban J connectivity index is 3.09. The Morgan fingerprint density at radius 3 is 2.18 bits per heavy atom. The van der Waals surface area contributed by atoms with Crippen molar-refractivity contribution in [1.82, 2.24) is 0 Å². The van der Waals surface area contributed by atoms with Crippen molar-refractivity contribution in [2.24, 2.45) is 0 Å². The summed E-state index contributed by atoms with van der Waals surface area (Å²) in [6.45, 7) is 1.14. The van der Waals surface area contributed by atoms with Gasteiger partial charge in [-0.15, -0.1) is 0 Å². The molecule has 1 aromatic carbocycles. The van der Waals surface area contributed by atoms with Crippen LogP contribution >= 0.6 is 0 Å². The molecule has 1 aromatic rings. The molecule has 0 unspecified atom stereocenters. The molecule has 0 radical (unpaired) electrons. The van der Waals surface area contributed by atoms with Gasteiger partial charge in [0.1, 0.15) is 5.57 Å². The van der Waals surface area contributed by atoms with Gasteiger partial charge in [-0.05, 0) is 30.7 Å². The Morgan fingerprint density at radius 2 is 1.82 bits per heavy atom. The quantitative estimate of drug-likeness (QED) is 0.281. The molecule has 0 amide bonds. The van der Waals surface area contributed by atoms with Crippen molar-refractivity contribution < 1.29 is 19.6 Å². The molecule has 0 spiro atoms. The van der Waals surface area contributed by atoms with E-state index in [1.165, 1.54) is 30.3 Å². The van der Waals surface area contributed by atoms with Crippen molar-refractivity contribution in [3.63, 3.8) is 0 Å². The van der Waals surface area contributed by atoms with Gasteiger partial charge in [0.2, 0.25) is 0 Å². The predicted molar refractivity (Wildman–Crippen MR) is 59.4 cm³/mol. The predicted octanol–water partition coefficient (Wildman–Crippen LogP) is 1.65. The van der Waals surface area contributed by atoms with Gasteiger partial charge in [-0.1, -0.05) is 0 Å². The number of rotatable bonds is 4. The number of non-ortho nitro benzene ring substituents is 1. The van der Waals surface area contributed by atoms with E-state index >= 15 is 0 Å². The first-order valence-electron chi connectivity index (χ1n) is 4.62. The van der Waals surface area contributed by atoms with Gasteiger partial charge in [0.05, 0.1) is 4.92 Å². The second-order valence-electron chi connectivity index (χ2n) is 3.27. The van der Waals surface area contributed by atoms with Crippen molar-refractivity contribution in [1.29, 1.82) is 0 Å². The van der Waals surface area contributed by atoms with Gasteiger partial charge >= 0.3 is 5.97 Å². The fourth-order valence-electron chi connectivity index (χ4n) is 1.17. The first-order chi connectivity index (χ1) is 7.91. The number of ketones is 1. The van der Waals surface area contributed by atoms with Crippen molar-refractivity contribution >= 4 is 23.5 Å². The zero-order chi connectivity index (χ0) is 13.0. The number of nitrogens with zero attached hydrogens (tertiary/aromatic N) is 1. The van der Waals surface area contributed by atoms with E-state index < -0.39 is 16.7 Å². The summed E-state index contributed by atoms with van der Waals surface area (Å²) in [7, 11) is 0. The number of benzene rings is 1. The lowest BCUT2D eigenvalue weighted by Gasteiger charge is -1.97. The zero-order valence-corrected chi connectivity index (χ0v) is 8.91. The van der Waals surface area contributed by atoms with Crippen LogP contribution in [-0.2, 0) is 9.59 Å². The molecule has 6 heteroatoms. The molecule has 0 aliphatic rings. The highest BCUT2D eigenvalue weighted by atomic mass is 16.6. The van der Waals surface area contributed by atoms with Gasteiger partial charge in [-0.25, -0.2) is 4.79 Å². The van der Waals surface area contributed by atoms with E-state index in [0.29, 0.717) is 5.56 Å². The van der Waals surface area contributed by atoms with Crippen LogP contribution in [0.15, 0.2) is 29.8 Å². The molecular weight excluding hydrogens is 226 g/mol. The normalized spacial score (nSPS) is 11.0. The van der Waals surface area contributed by atoms with E-state index in [9.17, 15) is 19.7 Å².